The molecule has 0 aliphatic carbocycles. The molecule has 1 amide bonds. The Hall–Kier alpha value is -3.48. The number of benzene rings is 2. The monoisotopic (exact) mass is 391 g/mol. The molecular formula is C22H22FN5O. The van der Waals surface area contributed by atoms with Crippen molar-refractivity contribution in [1.29, 1.82) is 0 Å². The van der Waals surface area contributed by atoms with Gasteiger partial charge in [-0.15, -0.1) is 0 Å². The standard InChI is InChI=1S/C22H22FN5O/c23-18-8-4-5-9-20(18)27-10-12-28(13-11-27)22(29)19-14-21(26-16-25-19)24-15-17-6-2-1-3-7-17/h1-9,14,16H,10-13,15H2,(H,24,25,26). The second-order valence-electron chi connectivity index (χ2n) is 6.86. The fraction of sp³-hybridized carbons (Fsp3) is 0.227. The molecule has 1 fully saturated rings. The van der Waals surface area contributed by atoms with Crippen molar-refractivity contribution in [3.63, 3.8) is 0 Å². The van der Waals surface area contributed by atoms with E-state index in [9.17, 15) is 9.18 Å². The third-order valence-corrected chi connectivity index (χ3v) is 4.96. The number of amides is 1. The lowest BCUT2D eigenvalue weighted by molar-refractivity contribution is 0.0740. The smallest absolute Gasteiger partial charge is 0.272 e. The van der Waals surface area contributed by atoms with Crippen LogP contribution in [0.25, 0.3) is 0 Å². The van der Waals surface area contributed by atoms with Crippen molar-refractivity contribution in [1.82, 2.24) is 14.9 Å². The van der Waals surface area contributed by atoms with Crippen molar-refractivity contribution in [2.75, 3.05) is 36.4 Å². The third kappa shape index (κ3) is 4.51. The Bertz CT molecular complexity index is 974. The van der Waals surface area contributed by atoms with Gasteiger partial charge in [0, 0.05) is 38.8 Å². The Morgan fingerprint density at radius 1 is 0.966 bits per heavy atom. The molecule has 3 aromatic rings. The van der Waals surface area contributed by atoms with Crippen molar-refractivity contribution >= 4 is 17.4 Å². The zero-order chi connectivity index (χ0) is 20.1. The highest BCUT2D eigenvalue weighted by Gasteiger charge is 2.24. The fourth-order valence-corrected chi connectivity index (χ4v) is 3.38. The van der Waals surface area contributed by atoms with Gasteiger partial charge < -0.3 is 15.1 Å². The van der Waals surface area contributed by atoms with E-state index in [4.69, 9.17) is 0 Å². The summed E-state index contributed by atoms with van der Waals surface area (Å²) in [5.41, 5.74) is 2.06. The Kier molecular flexibility index (Phi) is 5.65. The lowest BCUT2D eigenvalue weighted by atomic mass is 10.2. The van der Waals surface area contributed by atoms with Gasteiger partial charge in [-0.05, 0) is 17.7 Å². The van der Waals surface area contributed by atoms with Gasteiger partial charge in [0.2, 0.25) is 0 Å². The van der Waals surface area contributed by atoms with Crippen LogP contribution in [0.1, 0.15) is 16.1 Å². The molecule has 0 atom stereocenters. The highest BCUT2D eigenvalue weighted by molar-refractivity contribution is 5.93. The predicted molar refractivity (Wildman–Crippen MR) is 110 cm³/mol. The quantitative estimate of drug-likeness (QED) is 0.724. The first-order valence-electron chi connectivity index (χ1n) is 9.59. The number of piperazine rings is 1. The molecule has 2 heterocycles. The predicted octanol–water partition coefficient (Wildman–Crippen LogP) is 3.19. The van der Waals surface area contributed by atoms with Gasteiger partial charge in [0.15, 0.2) is 0 Å². The van der Waals surface area contributed by atoms with Gasteiger partial charge in [-0.3, -0.25) is 4.79 Å². The van der Waals surface area contributed by atoms with Crippen LogP contribution in [0.3, 0.4) is 0 Å². The van der Waals surface area contributed by atoms with Crippen LogP contribution in [0.4, 0.5) is 15.9 Å². The fourth-order valence-electron chi connectivity index (χ4n) is 3.38. The summed E-state index contributed by atoms with van der Waals surface area (Å²) in [5, 5.41) is 3.22. The SMILES string of the molecule is O=C(c1cc(NCc2ccccc2)ncn1)N1CCN(c2ccccc2F)CC1. The number of aromatic nitrogens is 2. The number of hydrogen-bond acceptors (Lipinski definition) is 5. The van der Waals surface area contributed by atoms with Gasteiger partial charge in [-0.1, -0.05) is 42.5 Å². The molecule has 0 unspecified atom stereocenters. The molecule has 0 spiro atoms. The van der Waals surface area contributed by atoms with E-state index in [2.05, 4.69) is 15.3 Å². The zero-order valence-corrected chi connectivity index (χ0v) is 16.0. The van der Waals surface area contributed by atoms with E-state index < -0.39 is 0 Å². The molecule has 1 aromatic heterocycles. The van der Waals surface area contributed by atoms with Crippen molar-refractivity contribution in [3.8, 4) is 0 Å². The summed E-state index contributed by atoms with van der Waals surface area (Å²) in [6.45, 7) is 2.81. The lowest BCUT2D eigenvalue weighted by Gasteiger charge is -2.36. The maximum atomic E-state index is 14.0. The van der Waals surface area contributed by atoms with E-state index in [0.29, 0.717) is 49.9 Å². The zero-order valence-electron chi connectivity index (χ0n) is 16.0. The van der Waals surface area contributed by atoms with Gasteiger partial charge in [-0.25, -0.2) is 14.4 Å². The number of anilines is 2. The summed E-state index contributed by atoms with van der Waals surface area (Å²) in [7, 11) is 0. The average Bonchev–Trinajstić information content (AvgIpc) is 2.79. The van der Waals surface area contributed by atoms with Crippen LogP contribution in [0, 0.1) is 5.82 Å². The minimum Gasteiger partial charge on any atom is -0.366 e. The Balaban J connectivity index is 1.37. The van der Waals surface area contributed by atoms with Crippen LogP contribution >= 0.6 is 0 Å². The van der Waals surface area contributed by atoms with Crippen molar-refractivity contribution in [2.45, 2.75) is 6.54 Å². The minimum atomic E-state index is -0.239. The van der Waals surface area contributed by atoms with Crippen LogP contribution in [-0.4, -0.2) is 47.0 Å². The molecular weight excluding hydrogens is 369 g/mol. The van der Waals surface area contributed by atoms with Crippen molar-refractivity contribution < 1.29 is 9.18 Å². The van der Waals surface area contributed by atoms with Gasteiger partial charge in [-0.2, -0.15) is 0 Å². The number of halogens is 1. The molecule has 6 nitrogen and oxygen atoms in total. The number of para-hydroxylation sites is 1. The molecule has 0 bridgehead atoms. The first-order valence-corrected chi connectivity index (χ1v) is 9.59. The molecule has 0 saturated carbocycles. The van der Waals surface area contributed by atoms with Crippen LogP contribution in [0.2, 0.25) is 0 Å². The molecule has 148 valence electrons. The number of hydrogen-bond donors (Lipinski definition) is 1. The third-order valence-electron chi connectivity index (χ3n) is 4.96. The van der Waals surface area contributed by atoms with E-state index in [1.807, 2.05) is 41.3 Å². The molecule has 2 aromatic carbocycles. The van der Waals surface area contributed by atoms with Crippen LogP contribution in [0.15, 0.2) is 67.0 Å². The summed E-state index contributed by atoms with van der Waals surface area (Å²) in [5.74, 6) is 0.234. The van der Waals surface area contributed by atoms with E-state index >= 15 is 0 Å². The number of nitrogens with zero attached hydrogens (tertiary/aromatic N) is 4. The van der Waals surface area contributed by atoms with E-state index in [1.54, 1.807) is 23.1 Å². The molecule has 1 aliphatic heterocycles. The Morgan fingerprint density at radius 2 is 1.69 bits per heavy atom. The van der Waals surface area contributed by atoms with Gasteiger partial charge >= 0.3 is 0 Å². The van der Waals surface area contributed by atoms with Crippen LogP contribution < -0.4 is 10.2 Å². The number of carbonyl (C=O) groups excluding carboxylic acids is 1. The molecule has 4 rings (SSSR count). The van der Waals surface area contributed by atoms with Gasteiger partial charge in [0.25, 0.3) is 5.91 Å². The number of nitrogens with one attached hydrogen (secondary N) is 1. The Labute approximate surface area is 169 Å². The van der Waals surface area contributed by atoms with E-state index in [1.165, 1.54) is 12.4 Å². The van der Waals surface area contributed by atoms with Gasteiger partial charge in [0.05, 0.1) is 5.69 Å². The first kappa shape index (κ1) is 18.9. The molecule has 1 N–H and O–H groups in total. The minimum absolute atomic E-state index is 0.136. The maximum Gasteiger partial charge on any atom is 0.272 e. The van der Waals surface area contributed by atoms with E-state index in [0.717, 1.165) is 5.56 Å². The van der Waals surface area contributed by atoms with Gasteiger partial charge in [0.1, 0.15) is 23.7 Å². The maximum absolute atomic E-state index is 14.0. The highest BCUT2D eigenvalue weighted by Crippen LogP contribution is 2.20. The number of carbonyl (C=O) groups is 1. The van der Waals surface area contributed by atoms with Crippen LogP contribution in [-0.2, 0) is 6.54 Å². The van der Waals surface area contributed by atoms with E-state index in [-0.39, 0.29) is 11.7 Å². The molecule has 1 saturated heterocycles. The first-order chi connectivity index (χ1) is 14.2. The van der Waals surface area contributed by atoms with Crippen LogP contribution in [0.5, 0.6) is 0 Å². The largest absolute Gasteiger partial charge is 0.366 e. The summed E-state index contributed by atoms with van der Waals surface area (Å²) in [6, 6.07) is 18.4. The molecule has 29 heavy (non-hydrogen) atoms. The molecule has 0 radical (unpaired) electrons. The summed E-state index contributed by atoms with van der Waals surface area (Å²) in [6.07, 6.45) is 1.40. The average molecular weight is 391 g/mol. The summed E-state index contributed by atoms with van der Waals surface area (Å²) in [4.78, 5) is 24.9. The van der Waals surface area contributed by atoms with Crippen molar-refractivity contribution in [3.05, 3.63) is 84.1 Å². The molecule has 1 aliphatic rings. The Morgan fingerprint density at radius 3 is 2.45 bits per heavy atom. The highest BCUT2D eigenvalue weighted by atomic mass is 19.1. The molecule has 7 heteroatoms. The second-order valence-corrected chi connectivity index (χ2v) is 6.86. The lowest BCUT2D eigenvalue weighted by Crippen LogP contribution is -2.49. The second kappa shape index (κ2) is 8.68. The van der Waals surface area contributed by atoms with Crippen molar-refractivity contribution in [2.24, 2.45) is 0 Å². The topological polar surface area (TPSA) is 61.4 Å². The summed E-state index contributed by atoms with van der Waals surface area (Å²) >= 11 is 0. The summed E-state index contributed by atoms with van der Waals surface area (Å²) < 4.78 is 14.0. The number of rotatable bonds is 5. The normalized spacial score (nSPS) is 14.0.